The molecule has 24 heavy (non-hydrogen) atoms. The van der Waals surface area contributed by atoms with Gasteiger partial charge in [-0.15, -0.1) is 11.8 Å². The summed E-state index contributed by atoms with van der Waals surface area (Å²) in [7, 11) is 1.63. The molecule has 0 radical (unpaired) electrons. The van der Waals surface area contributed by atoms with Crippen LogP contribution in [-0.2, 0) is 11.2 Å². The molecule has 1 aliphatic heterocycles. The number of thioether (sulfide) groups is 1. The highest BCUT2D eigenvalue weighted by atomic mass is 35.5. The summed E-state index contributed by atoms with van der Waals surface area (Å²) in [6.45, 7) is 0.725. The van der Waals surface area contributed by atoms with Crippen molar-refractivity contribution in [1.82, 2.24) is 4.90 Å². The molecule has 1 saturated heterocycles. The highest BCUT2D eigenvalue weighted by Crippen LogP contribution is 2.41. The summed E-state index contributed by atoms with van der Waals surface area (Å²) in [5.41, 5.74) is 1.91. The van der Waals surface area contributed by atoms with E-state index in [0.717, 1.165) is 29.2 Å². The van der Waals surface area contributed by atoms with Crippen LogP contribution >= 0.6 is 35.0 Å². The number of carbonyl (C=O) groups is 1. The van der Waals surface area contributed by atoms with Crippen LogP contribution in [0.5, 0.6) is 5.75 Å². The van der Waals surface area contributed by atoms with Crippen LogP contribution in [0.4, 0.5) is 0 Å². The Morgan fingerprint density at radius 3 is 2.67 bits per heavy atom. The van der Waals surface area contributed by atoms with Gasteiger partial charge in [-0.25, -0.2) is 0 Å². The second-order valence-corrected chi connectivity index (χ2v) is 7.53. The molecule has 1 heterocycles. The third-order valence-corrected chi connectivity index (χ3v) is 5.76. The van der Waals surface area contributed by atoms with Gasteiger partial charge in [0.1, 0.15) is 11.1 Å². The summed E-state index contributed by atoms with van der Waals surface area (Å²) in [6, 6.07) is 13.0. The first-order valence-corrected chi connectivity index (χ1v) is 9.38. The normalized spacial score (nSPS) is 17.1. The van der Waals surface area contributed by atoms with E-state index < -0.39 is 0 Å². The molecule has 126 valence electrons. The highest BCUT2D eigenvalue weighted by Gasteiger charge is 2.31. The SMILES string of the molecule is COc1ccc(CC(=O)N2CCS[C@@H]2c2ccc(Cl)cc2Cl)cc1. The Morgan fingerprint density at radius 1 is 1.25 bits per heavy atom. The van der Waals surface area contributed by atoms with Crippen LogP contribution in [0.1, 0.15) is 16.5 Å². The van der Waals surface area contributed by atoms with E-state index in [4.69, 9.17) is 27.9 Å². The number of amides is 1. The molecule has 0 aliphatic carbocycles. The third-order valence-electron chi connectivity index (χ3n) is 3.95. The fraction of sp³-hybridized carbons (Fsp3) is 0.278. The van der Waals surface area contributed by atoms with Gasteiger partial charge in [0, 0.05) is 27.9 Å². The average Bonchev–Trinajstić information content (AvgIpc) is 3.05. The maximum Gasteiger partial charge on any atom is 0.228 e. The Morgan fingerprint density at radius 2 is 2.00 bits per heavy atom. The molecule has 1 fully saturated rings. The largest absolute Gasteiger partial charge is 0.497 e. The standard InChI is InChI=1S/C18H17Cl2NO2S/c1-23-14-5-2-12(3-6-14)10-17(22)21-8-9-24-18(21)15-7-4-13(19)11-16(15)20/h2-7,11,18H,8-10H2,1H3/t18-/m1/s1. The minimum absolute atomic E-state index is 0.0551. The van der Waals surface area contributed by atoms with Gasteiger partial charge < -0.3 is 9.64 Å². The Labute approximate surface area is 155 Å². The Bertz CT molecular complexity index is 736. The van der Waals surface area contributed by atoms with E-state index in [1.54, 1.807) is 24.9 Å². The molecule has 0 spiro atoms. The highest BCUT2D eigenvalue weighted by molar-refractivity contribution is 7.99. The van der Waals surface area contributed by atoms with E-state index in [0.29, 0.717) is 16.5 Å². The van der Waals surface area contributed by atoms with Crippen LogP contribution in [0.25, 0.3) is 0 Å². The Hall–Kier alpha value is -1.36. The van der Waals surface area contributed by atoms with E-state index >= 15 is 0 Å². The molecular formula is C18H17Cl2NO2S. The zero-order chi connectivity index (χ0) is 17.1. The van der Waals surface area contributed by atoms with Gasteiger partial charge in [0.05, 0.1) is 13.5 Å². The van der Waals surface area contributed by atoms with Crippen molar-refractivity contribution in [3.05, 3.63) is 63.6 Å². The molecular weight excluding hydrogens is 365 g/mol. The van der Waals surface area contributed by atoms with E-state index in [-0.39, 0.29) is 11.3 Å². The molecule has 1 atom stereocenters. The average molecular weight is 382 g/mol. The fourth-order valence-electron chi connectivity index (χ4n) is 2.70. The molecule has 0 unspecified atom stereocenters. The van der Waals surface area contributed by atoms with Crippen molar-refractivity contribution in [1.29, 1.82) is 0 Å². The molecule has 1 aliphatic rings. The summed E-state index contributed by atoms with van der Waals surface area (Å²) in [5, 5.41) is 1.15. The molecule has 6 heteroatoms. The predicted molar refractivity (Wildman–Crippen MR) is 100 cm³/mol. The molecule has 3 nitrogen and oxygen atoms in total. The number of hydrogen-bond donors (Lipinski definition) is 0. The topological polar surface area (TPSA) is 29.5 Å². The maximum absolute atomic E-state index is 12.7. The molecule has 0 N–H and O–H groups in total. The minimum Gasteiger partial charge on any atom is -0.497 e. The summed E-state index contributed by atoms with van der Waals surface area (Å²) >= 11 is 14.0. The number of carbonyl (C=O) groups excluding carboxylic acids is 1. The lowest BCUT2D eigenvalue weighted by atomic mass is 10.1. The van der Waals surface area contributed by atoms with Gasteiger partial charge in [-0.1, -0.05) is 41.4 Å². The summed E-state index contributed by atoms with van der Waals surface area (Å²) in [5.74, 6) is 1.78. The number of halogens is 2. The van der Waals surface area contributed by atoms with E-state index in [9.17, 15) is 4.79 Å². The first-order valence-electron chi connectivity index (χ1n) is 7.57. The maximum atomic E-state index is 12.7. The number of nitrogens with zero attached hydrogens (tertiary/aromatic N) is 1. The molecule has 2 aromatic carbocycles. The Balaban J connectivity index is 1.75. The molecule has 3 rings (SSSR count). The molecule has 2 aromatic rings. The van der Waals surface area contributed by atoms with Gasteiger partial charge in [-0.05, 0) is 29.8 Å². The summed E-state index contributed by atoms with van der Waals surface area (Å²) in [4.78, 5) is 14.6. The minimum atomic E-state index is -0.0551. The second kappa shape index (κ2) is 7.68. The van der Waals surface area contributed by atoms with Gasteiger partial charge >= 0.3 is 0 Å². The van der Waals surface area contributed by atoms with Crippen molar-refractivity contribution in [2.24, 2.45) is 0 Å². The van der Waals surface area contributed by atoms with Crippen molar-refractivity contribution in [2.45, 2.75) is 11.8 Å². The second-order valence-electron chi connectivity index (χ2n) is 5.50. The number of ether oxygens (including phenoxy) is 1. The van der Waals surface area contributed by atoms with Crippen LogP contribution in [0.15, 0.2) is 42.5 Å². The van der Waals surface area contributed by atoms with Crippen molar-refractivity contribution >= 4 is 40.9 Å². The summed E-state index contributed by atoms with van der Waals surface area (Å²) < 4.78 is 5.15. The van der Waals surface area contributed by atoms with Crippen molar-refractivity contribution in [3.63, 3.8) is 0 Å². The molecule has 1 amide bonds. The van der Waals surface area contributed by atoms with Crippen LogP contribution in [0.2, 0.25) is 10.0 Å². The van der Waals surface area contributed by atoms with Gasteiger partial charge in [0.2, 0.25) is 5.91 Å². The van der Waals surface area contributed by atoms with Crippen LogP contribution < -0.4 is 4.74 Å². The quantitative estimate of drug-likeness (QED) is 0.760. The van der Waals surface area contributed by atoms with Gasteiger partial charge in [-0.2, -0.15) is 0 Å². The summed E-state index contributed by atoms with van der Waals surface area (Å²) in [6.07, 6.45) is 0.367. The van der Waals surface area contributed by atoms with E-state index in [1.807, 2.05) is 41.3 Å². The fourth-order valence-corrected chi connectivity index (χ4v) is 4.59. The number of rotatable bonds is 4. The monoisotopic (exact) mass is 381 g/mol. The van der Waals surface area contributed by atoms with Gasteiger partial charge in [0.25, 0.3) is 0 Å². The zero-order valence-electron chi connectivity index (χ0n) is 13.2. The lowest BCUT2D eigenvalue weighted by Crippen LogP contribution is -2.31. The first-order chi connectivity index (χ1) is 11.6. The van der Waals surface area contributed by atoms with E-state index in [1.165, 1.54) is 0 Å². The van der Waals surface area contributed by atoms with Crippen molar-refractivity contribution in [2.75, 3.05) is 19.4 Å². The number of hydrogen-bond acceptors (Lipinski definition) is 3. The van der Waals surface area contributed by atoms with Crippen LogP contribution in [0.3, 0.4) is 0 Å². The molecule has 0 aromatic heterocycles. The smallest absolute Gasteiger partial charge is 0.228 e. The van der Waals surface area contributed by atoms with Crippen LogP contribution in [-0.4, -0.2) is 30.2 Å². The lowest BCUT2D eigenvalue weighted by molar-refractivity contribution is -0.130. The first kappa shape index (κ1) is 17.5. The molecule has 0 bridgehead atoms. The van der Waals surface area contributed by atoms with Crippen molar-refractivity contribution in [3.8, 4) is 5.75 Å². The lowest BCUT2D eigenvalue weighted by Gasteiger charge is -2.25. The Kier molecular flexibility index (Phi) is 5.59. The molecule has 0 saturated carbocycles. The number of methoxy groups -OCH3 is 1. The number of benzene rings is 2. The van der Waals surface area contributed by atoms with Gasteiger partial charge in [0.15, 0.2) is 0 Å². The van der Waals surface area contributed by atoms with Crippen LogP contribution in [0, 0.1) is 0 Å². The predicted octanol–water partition coefficient (Wildman–Crippen LogP) is 4.82. The van der Waals surface area contributed by atoms with Crippen molar-refractivity contribution < 1.29 is 9.53 Å². The zero-order valence-corrected chi connectivity index (χ0v) is 15.5. The van der Waals surface area contributed by atoms with Gasteiger partial charge in [-0.3, -0.25) is 4.79 Å². The van der Waals surface area contributed by atoms with E-state index in [2.05, 4.69) is 0 Å². The third kappa shape index (κ3) is 3.82.